The number of nitrogens with one attached hydrogen (secondary N) is 2. The third kappa shape index (κ3) is 4.91. The van der Waals surface area contributed by atoms with Crippen LogP contribution in [0.25, 0.3) is 0 Å². The molecule has 4 heteroatoms. The van der Waals surface area contributed by atoms with Crippen molar-refractivity contribution in [2.75, 3.05) is 10.6 Å². The minimum Gasteiger partial charge on any atom is -0.355 e. The molecule has 0 unspecified atom stereocenters. The number of hydrogen-bond donors (Lipinski definition) is 2. The van der Waals surface area contributed by atoms with Gasteiger partial charge in [0, 0.05) is 29.0 Å². The largest absolute Gasteiger partial charge is 0.355 e. The van der Waals surface area contributed by atoms with E-state index in [-0.39, 0.29) is 11.7 Å². The molecule has 0 aliphatic heterocycles. The maximum absolute atomic E-state index is 12.3. The number of aryl methyl sites for hydroxylation is 1. The van der Waals surface area contributed by atoms with Gasteiger partial charge in [0.2, 0.25) is 5.91 Å². The van der Waals surface area contributed by atoms with E-state index in [4.69, 9.17) is 0 Å². The van der Waals surface area contributed by atoms with Crippen LogP contribution in [0.15, 0.2) is 72.8 Å². The summed E-state index contributed by atoms with van der Waals surface area (Å²) in [6.07, 6.45) is 3.93. The molecule has 0 saturated heterocycles. The minimum absolute atomic E-state index is 0.0445. The van der Waals surface area contributed by atoms with E-state index in [9.17, 15) is 9.59 Å². The summed E-state index contributed by atoms with van der Waals surface area (Å²) < 4.78 is 0. The number of anilines is 3. The highest BCUT2D eigenvalue weighted by atomic mass is 16.1. The predicted octanol–water partition coefficient (Wildman–Crippen LogP) is 5.52. The maximum atomic E-state index is 12.3. The second-order valence-corrected chi connectivity index (χ2v) is 7.42. The second-order valence-electron chi connectivity index (χ2n) is 7.42. The third-order valence-electron chi connectivity index (χ3n) is 5.15. The fourth-order valence-corrected chi connectivity index (χ4v) is 3.71. The fourth-order valence-electron chi connectivity index (χ4n) is 3.71. The van der Waals surface area contributed by atoms with Crippen LogP contribution in [0.5, 0.6) is 0 Å². The molecular weight excluding hydrogens is 360 g/mol. The first-order chi connectivity index (χ1) is 14.2. The number of amides is 1. The Morgan fingerprint density at radius 2 is 1.55 bits per heavy atom. The van der Waals surface area contributed by atoms with Crippen LogP contribution in [0.3, 0.4) is 0 Å². The standard InChI is InChI=1S/C25H24N2O2/c28-24-12-5-4-9-19-16-22(13-14-23(19)24)26-20-10-6-11-21(17-20)27-25(29)15-18-7-2-1-3-8-18/h1-3,6-8,10-11,13-14,16-17,26H,4-5,9,12,15H2,(H,27,29). The lowest BCUT2D eigenvalue weighted by atomic mass is 10.0. The summed E-state index contributed by atoms with van der Waals surface area (Å²) in [5, 5.41) is 6.35. The molecule has 0 spiro atoms. The molecule has 0 aromatic heterocycles. The van der Waals surface area contributed by atoms with E-state index < -0.39 is 0 Å². The number of carbonyl (C=O) groups excluding carboxylic acids is 2. The number of benzene rings is 3. The first-order valence-electron chi connectivity index (χ1n) is 10.0. The van der Waals surface area contributed by atoms with E-state index in [0.717, 1.165) is 53.0 Å². The zero-order valence-corrected chi connectivity index (χ0v) is 16.3. The molecule has 4 rings (SSSR count). The van der Waals surface area contributed by atoms with Crippen molar-refractivity contribution in [3.05, 3.63) is 89.5 Å². The zero-order valence-electron chi connectivity index (χ0n) is 16.3. The molecule has 3 aromatic carbocycles. The van der Waals surface area contributed by atoms with Gasteiger partial charge in [-0.05, 0) is 66.8 Å². The zero-order chi connectivity index (χ0) is 20.1. The van der Waals surface area contributed by atoms with Gasteiger partial charge < -0.3 is 10.6 Å². The van der Waals surface area contributed by atoms with Crippen molar-refractivity contribution in [3.63, 3.8) is 0 Å². The Kier molecular flexibility index (Phi) is 5.71. The van der Waals surface area contributed by atoms with Gasteiger partial charge in [0.25, 0.3) is 0 Å². The maximum Gasteiger partial charge on any atom is 0.228 e. The number of fused-ring (bicyclic) bond motifs is 1. The lowest BCUT2D eigenvalue weighted by Gasteiger charge is -2.12. The van der Waals surface area contributed by atoms with E-state index in [1.165, 1.54) is 0 Å². The molecule has 0 bridgehead atoms. The van der Waals surface area contributed by atoms with Crippen LogP contribution in [0.2, 0.25) is 0 Å². The number of rotatable bonds is 5. The lowest BCUT2D eigenvalue weighted by molar-refractivity contribution is -0.115. The third-order valence-corrected chi connectivity index (χ3v) is 5.15. The molecule has 1 aliphatic rings. The van der Waals surface area contributed by atoms with Gasteiger partial charge in [-0.1, -0.05) is 36.4 Å². The SMILES string of the molecule is O=C(Cc1ccccc1)Nc1cccc(Nc2ccc3c(c2)CCCCC3=O)c1. The van der Waals surface area contributed by atoms with Crippen LogP contribution in [0, 0.1) is 0 Å². The Bertz CT molecular complexity index is 1030. The Morgan fingerprint density at radius 1 is 0.793 bits per heavy atom. The van der Waals surface area contributed by atoms with E-state index in [1.807, 2.05) is 66.7 Å². The lowest BCUT2D eigenvalue weighted by Crippen LogP contribution is -2.14. The summed E-state index contributed by atoms with van der Waals surface area (Å²) >= 11 is 0. The highest BCUT2D eigenvalue weighted by molar-refractivity contribution is 5.98. The molecule has 0 saturated carbocycles. The number of carbonyl (C=O) groups is 2. The first kappa shape index (κ1) is 18.9. The van der Waals surface area contributed by atoms with Crippen molar-refractivity contribution >= 4 is 28.8 Å². The topological polar surface area (TPSA) is 58.2 Å². The molecule has 0 radical (unpaired) electrons. The Balaban J connectivity index is 1.44. The molecular formula is C25H24N2O2. The van der Waals surface area contributed by atoms with Gasteiger partial charge in [0.05, 0.1) is 6.42 Å². The number of Topliss-reactive ketones (excluding diaryl/α,β-unsaturated/α-hetero) is 1. The van der Waals surface area contributed by atoms with Gasteiger partial charge in [0.1, 0.15) is 0 Å². The fraction of sp³-hybridized carbons (Fsp3) is 0.200. The van der Waals surface area contributed by atoms with E-state index in [0.29, 0.717) is 12.8 Å². The van der Waals surface area contributed by atoms with Crippen LogP contribution >= 0.6 is 0 Å². The summed E-state index contributed by atoms with van der Waals surface area (Å²) in [6, 6.07) is 23.3. The first-order valence-corrected chi connectivity index (χ1v) is 10.0. The molecule has 29 heavy (non-hydrogen) atoms. The van der Waals surface area contributed by atoms with Crippen molar-refractivity contribution in [3.8, 4) is 0 Å². The van der Waals surface area contributed by atoms with Crippen molar-refractivity contribution in [1.82, 2.24) is 0 Å². The van der Waals surface area contributed by atoms with E-state index in [1.54, 1.807) is 0 Å². The smallest absolute Gasteiger partial charge is 0.228 e. The van der Waals surface area contributed by atoms with E-state index >= 15 is 0 Å². The monoisotopic (exact) mass is 384 g/mol. The quantitative estimate of drug-likeness (QED) is 0.570. The highest BCUT2D eigenvalue weighted by Crippen LogP contribution is 2.26. The van der Waals surface area contributed by atoms with Crippen LogP contribution in [0.4, 0.5) is 17.1 Å². The normalized spacial score (nSPS) is 13.3. The van der Waals surface area contributed by atoms with Crippen LogP contribution in [-0.2, 0) is 17.6 Å². The van der Waals surface area contributed by atoms with Gasteiger partial charge in [-0.25, -0.2) is 0 Å². The summed E-state index contributed by atoms with van der Waals surface area (Å²) in [7, 11) is 0. The van der Waals surface area contributed by atoms with Gasteiger partial charge in [-0.2, -0.15) is 0 Å². The molecule has 0 heterocycles. The predicted molar refractivity (Wildman–Crippen MR) is 117 cm³/mol. The van der Waals surface area contributed by atoms with Gasteiger partial charge in [-0.15, -0.1) is 0 Å². The minimum atomic E-state index is -0.0445. The van der Waals surface area contributed by atoms with Crippen LogP contribution < -0.4 is 10.6 Å². The summed E-state index contributed by atoms with van der Waals surface area (Å²) in [5.41, 5.74) is 5.55. The summed E-state index contributed by atoms with van der Waals surface area (Å²) in [5.74, 6) is 0.198. The van der Waals surface area contributed by atoms with Crippen molar-refractivity contribution in [2.24, 2.45) is 0 Å². The van der Waals surface area contributed by atoms with Gasteiger partial charge in [-0.3, -0.25) is 9.59 Å². The van der Waals surface area contributed by atoms with E-state index in [2.05, 4.69) is 16.7 Å². The van der Waals surface area contributed by atoms with Crippen molar-refractivity contribution < 1.29 is 9.59 Å². The van der Waals surface area contributed by atoms with Gasteiger partial charge in [0.15, 0.2) is 5.78 Å². The summed E-state index contributed by atoms with van der Waals surface area (Å²) in [6.45, 7) is 0. The Labute approximate surface area is 171 Å². The molecule has 146 valence electrons. The average molecular weight is 384 g/mol. The molecule has 1 aliphatic carbocycles. The average Bonchev–Trinajstić information content (AvgIpc) is 2.90. The van der Waals surface area contributed by atoms with Crippen LogP contribution in [-0.4, -0.2) is 11.7 Å². The van der Waals surface area contributed by atoms with Crippen molar-refractivity contribution in [2.45, 2.75) is 32.1 Å². The second kappa shape index (κ2) is 8.74. The molecule has 3 aromatic rings. The molecule has 1 amide bonds. The summed E-state index contributed by atoms with van der Waals surface area (Å²) in [4.78, 5) is 24.5. The Morgan fingerprint density at radius 3 is 2.41 bits per heavy atom. The van der Waals surface area contributed by atoms with Crippen LogP contribution in [0.1, 0.15) is 40.7 Å². The molecule has 2 N–H and O–H groups in total. The highest BCUT2D eigenvalue weighted by Gasteiger charge is 2.15. The molecule has 4 nitrogen and oxygen atoms in total. The number of hydrogen-bond acceptors (Lipinski definition) is 3. The van der Waals surface area contributed by atoms with Gasteiger partial charge >= 0.3 is 0 Å². The number of ketones is 1. The van der Waals surface area contributed by atoms with Crippen molar-refractivity contribution in [1.29, 1.82) is 0 Å². The Hall–Kier alpha value is -3.40. The molecule has 0 fully saturated rings. The molecule has 0 atom stereocenters.